The topological polar surface area (TPSA) is 17.8 Å². The highest BCUT2D eigenvalue weighted by molar-refractivity contribution is 6.31. The van der Waals surface area contributed by atoms with E-state index in [1.165, 1.54) is 44.2 Å². The van der Waals surface area contributed by atoms with Crippen molar-refractivity contribution in [1.82, 2.24) is 9.78 Å². The molecule has 0 saturated heterocycles. The van der Waals surface area contributed by atoms with Crippen LogP contribution in [0.25, 0.3) is 0 Å². The van der Waals surface area contributed by atoms with E-state index < -0.39 is 0 Å². The Morgan fingerprint density at radius 3 is 2.53 bits per heavy atom. The van der Waals surface area contributed by atoms with Crippen LogP contribution in [0, 0.1) is 5.92 Å². The van der Waals surface area contributed by atoms with Crippen molar-refractivity contribution in [2.75, 3.05) is 0 Å². The van der Waals surface area contributed by atoms with Crippen LogP contribution in [0.5, 0.6) is 0 Å². The number of hydrogen-bond acceptors (Lipinski definition) is 1. The molecule has 2 fully saturated rings. The minimum atomic E-state index is 0.695. The maximum Gasteiger partial charge on any atom is 0.0820 e. The monoisotopic (exact) mass is 224 g/mol. The Labute approximate surface area is 95.6 Å². The van der Waals surface area contributed by atoms with Gasteiger partial charge in [-0.25, -0.2) is 0 Å². The van der Waals surface area contributed by atoms with Gasteiger partial charge in [-0.3, -0.25) is 4.68 Å². The van der Waals surface area contributed by atoms with Gasteiger partial charge in [0.25, 0.3) is 0 Å². The van der Waals surface area contributed by atoms with Crippen LogP contribution in [0.15, 0.2) is 6.20 Å². The van der Waals surface area contributed by atoms with Crippen LogP contribution < -0.4 is 0 Å². The fourth-order valence-electron chi connectivity index (χ4n) is 2.52. The van der Waals surface area contributed by atoms with Crippen molar-refractivity contribution in [3.05, 3.63) is 16.9 Å². The summed E-state index contributed by atoms with van der Waals surface area (Å²) in [6, 6.07) is 0. The summed E-state index contributed by atoms with van der Waals surface area (Å²) in [7, 11) is 0. The molecule has 1 aromatic rings. The first-order chi connectivity index (χ1) is 7.34. The molecule has 82 valence electrons. The van der Waals surface area contributed by atoms with Crippen LogP contribution >= 0.6 is 11.6 Å². The van der Waals surface area contributed by atoms with Crippen molar-refractivity contribution in [3.8, 4) is 0 Å². The first kappa shape index (κ1) is 9.71. The van der Waals surface area contributed by atoms with Crippen molar-refractivity contribution in [1.29, 1.82) is 0 Å². The highest BCUT2D eigenvalue weighted by Gasteiger charge is 2.27. The zero-order valence-corrected chi connectivity index (χ0v) is 9.71. The van der Waals surface area contributed by atoms with Gasteiger partial charge in [-0.15, -0.1) is 0 Å². The molecule has 2 aliphatic carbocycles. The molecule has 3 heteroatoms. The molecule has 0 bridgehead atoms. The molecule has 2 nitrogen and oxygen atoms in total. The maximum atomic E-state index is 6.21. The van der Waals surface area contributed by atoms with E-state index in [2.05, 4.69) is 9.78 Å². The van der Waals surface area contributed by atoms with Gasteiger partial charge >= 0.3 is 0 Å². The standard InChI is InChI=1S/C12H17ClN2/c13-11-7-14-15(8-9-3-1-4-9)12(11)10-5-2-6-10/h7,9-10H,1-6,8H2. The highest BCUT2D eigenvalue weighted by Crippen LogP contribution is 2.40. The second-order valence-corrected chi connectivity index (χ2v) is 5.39. The first-order valence-electron chi connectivity index (χ1n) is 6.06. The molecule has 3 rings (SSSR count). The third-order valence-electron chi connectivity index (χ3n) is 3.98. The molecular formula is C12H17ClN2. The van der Waals surface area contributed by atoms with Gasteiger partial charge in [0.1, 0.15) is 0 Å². The van der Waals surface area contributed by atoms with Gasteiger partial charge in [0, 0.05) is 12.5 Å². The molecule has 0 amide bonds. The Balaban J connectivity index is 1.79. The molecule has 0 N–H and O–H groups in total. The van der Waals surface area contributed by atoms with E-state index in [0.29, 0.717) is 5.92 Å². The Morgan fingerprint density at radius 1 is 1.27 bits per heavy atom. The Kier molecular flexibility index (Phi) is 2.47. The van der Waals surface area contributed by atoms with Crippen LogP contribution in [0.3, 0.4) is 0 Å². The summed E-state index contributed by atoms with van der Waals surface area (Å²) in [6.45, 7) is 1.10. The second kappa shape index (κ2) is 3.82. The number of hydrogen-bond donors (Lipinski definition) is 0. The average molecular weight is 225 g/mol. The molecule has 2 saturated carbocycles. The van der Waals surface area contributed by atoms with Gasteiger partial charge in [0.2, 0.25) is 0 Å². The van der Waals surface area contributed by atoms with Crippen LogP contribution in [-0.2, 0) is 6.54 Å². The van der Waals surface area contributed by atoms with E-state index in [1.54, 1.807) is 0 Å². The molecule has 0 atom stereocenters. The molecule has 0 spiro atoms. The molecule has 15 heavy (non-hydrogen) atoms. The minimum Gasteiger partial charge on any atom is -0.267 e. The van der Waals surface area contributed by atoms with Crippen LogP contribution in [-0.4, -0.2) is 9.78 Å². The van der Waals surface area contributed by atoms with Crippen molar-refractivity contribution in [2.45, 2.75) is 51.0 Å². The van der Waals surface area contributed by atoms with Crippen LogP contribution in [0.1, 0.15) is 50.1 Å². The molecular weight excluding hydrogens is 208 g/mol. The molecule has 2 aliphatic rings. The second-order valence-electron chi connectivity index (χ2n) is 4.98. The lowest BCUT2D eigenvalue weighted by Gasteiger charge is -2.30. The SMILES string of the molecule is Clc1cnn(CC2CCC2)c1C1CCC1. The Hall–Kier alpha value is -0.500. The molecule has 0 aliphatic heterocycles. The van der Waals surface area contributed by atoms with E-state index >= 15 is 0 Å². The summed E-state index contributed by atoms with van der Waals surface area (Å²) < 4.78 is 2.18. The fraction of sp³-hybridized carbons (Fsp3) is 0.750. The summed E-state index contributed by atoms with van der Waals surface area (Å²) in [5.74, 6) is 1.56. The number of halogens is 1. The summed E-state index contributed by atoms with van der Waals surface area (Å²) in [5, 5.41) is 5.31. The Bertz CT molecular complexity index is 351. The lowest BCUT2D eigenvalue weighted by Crippen LogP contribution is -2.22. The van der Waals surface area contributed by atoms with Gasteiger partial charge in [0.05, 0.1) is 16.9 Å². The summed E-state index contributed by atoms with van der Waals surface area (Å²) >= 11 is 6.21. The maximum absolute atomic E-state index is 6.21. The van der Waals surface area contributed by atoms with E-state index in [0.717, 1.165) is 17.5 Å². The van der Waals surface area contributed by atoms with Gasteiger partial charge in [-0.05, 0) is 31.6 Å². The molecule has 0 aromatic carbocycles. The fourth-order valence-corrected chi connectivity index (χ4v) is 2.82. The summed E-state index contributed by atoms with van der Waals surface area (Å²) in [6.07, 6.45) is 9.94. The van der Waals surface area contributed by atoms with Crippen LogP contribution in [0.2, 0.25) is 5.02 Å². The Morgan fingerprint density at radius 2 is 2.00 bits per heavy atom. The third kappa shape index (κ3) is 1.69. The van der Waals surface area contributed by atoms with Crippen molar-refractivity contribution in [2.24, 2.45) is 5.92 Å². The summed E-state index contributed by atoms with van der Waals surface area (Å²) in [5.41, 5.74) is 1.31. The average Bonchev–Trinajstić information content (AvgIpc) is 2.40. The van der Waals surface area contributed by atoms with E-state index in [-0.39, 0.29) is 0 Å². The smallest absolute Gasteiger partial charge is 0.0820 e. The normalized spacial score (nSPS) is 22.5. The quantitative estimate of drug-likeness (QED) is 0.767. The predicted octanol–water partition coefficient (Wildman–Crippen LogP) is 3.60. The van der Waals surface area contributed by atoms with E-state index in [4.69, 9.17) is 11.6 Å². The lowest BCUT2D eigenvalue weighted by molar-refractivity contribution is 0.256. The summed E-state index contributed by atoms with van der Waals surface area (Å²) in [4.78, 5) is 0. The van der Waals surface area contributed by atoms with Gasteiger partial charge in [-0.2, -0.15) is 5.10 Å². The van der Waals surface area contributed by atoms with E-state index in [9.17, 15) is 0 Å². The molecule has 0 radical (unpaired) electrons. The zero-order chi connectivity index (χ0) is 10.3. The zero-order valence-electron chi connectivity index (χ0n) is 8.95. The van der Waals surface area contributed by atoms with Gasteiger partial charge in [0.15, 0.2) is 0 Å². The van der Waals surface area contributed by atoms with Gasteiger partial charge < -0.3 is 0 Å². The molecule has 1 aromatic heterocycles. The van der Waals surface area contributed by atoms with Crippen LogP contribution in [0.4, 0.5) is 0 Å². The molecule has 0 unspecified atom stereocenters. The lowest BCUT2D eigenvalue weighted by atomic mass is 9.82. The predicted molar refractivity (Wildman–Crippen MR) is 61.2 cm³/mol. The first-order valence-corrected chi connectivity index (χ1v) is 6.43. The number of nitrogens with zero attached hydrogens (tertiary/aromatic N) is 2. The van der Waals surface area contributed by atoms with E-state index in [1.807, 2.05) is 6.20 Å². The minimum absolute atomic E-state index is 0.695. The van der Waals surface area contributed by atoms with Crippen molar-refractivity contribution >= 4 is 11.6 Å². The third-order valence-corrected chi connectivity index (χ3v) is 4.27. The van der Waals surface area contributed by atoms with Crippen molar-refractivity contribution < 1.29 is 0 Å². The number of rotatable bonds is 3. The van der Waals surface area contributed by atoms with Crippen molar-refractivity contribution in [3.63, 3.8) is 0 Å². The highest BCUT2D eigenvalue weighted by atomic mass is 35.5. The number of aromatic nitrogens is 2. The largest absolute Gasteiger partial charge is 0.267 e. The van der Waals surface area contributed by atoms with Gasteiger partial charge in [-0.1, -0.05) is 24.4 Å². The molecule has 1 heterocycles.